The molecule has 0 bridgehead atoms. The number of halogens is 1. The van der Waals surface area contributed by atoms with E-state index < -0.39 is 7.12 Å². The maximum absolute atomic E-state index is 12.2. The molecule has 0 saturated carbocycles. The number of rotatable bonds is 12. The van der Waals surface area contributed by atoms with Crippen molar-refractivity contribution in [1.82, 2.24) is 20.1 Å². The summed E-state index contributed by atoms with van der Waals surface area (Å²) >= 11 is 6.14. The predicted molar refractivity (Wildman–Crippen MR) is 164 cm³/mol. The number of unbranched alkanes of at least 4 members (excludes halogenated alkanes) is 4. The van der Waals surface area contributed by atoms with Crippen LogP contribution in [0.15, 0.2) is 71.7 Å². The molecule has 0 atom stereocenters. The van der Waals surface area contributed by atoms with Gasteiger partial charge < -0.3 is 20.1 Å². The fourth-order valence-corrected chi connectivity index (χ4v) is 5.09. The van der Waals surface area contributed by atoms with E-state index in [4.69, 9.17) is 31.4 Å². The molecular weight excluding hydrogens is 553 g/mol. The van der Waals surface area contributed by atoms with Crippen molar-refractivity contribution in [2.24, 2.45) is 4.99 Å². The van der Waals surface area contributed by atoms with E-state index in [-0.39, 0.29) is 5.91 Å². The largest absolute Gasteiger partial charge is 0.494 e. The normalized spacial score (nSPS) is 12.1. The van der Waals surface area contributed by atoms with Crippen LogP contribution < -0.4 is 15.5 Å². The van der Waals surface area contributed by atoms with Gasteiger partial charge in [0.1, 0.15) is 18.1 Å². The quantitative estimate of drug-likeness (QED) is 0.171. The number of nitrogens with one attached hydrogen (secondary N) is 1. The topological polar surface area (TPSA) is 122 Å². The van der Waals surface area contributed by atoms with Crippen LogP contribution in [0.25, 0.3) is 5.69 Å². The number of hydrogen-bond acceptors (Lipinski definition) is 7. The van der Waals surface area contributed by atoms with Crippen molar-refractivity contribution in [3.05, 3.63) is 100 Å². The number of hydrogen-bond donors (Lipinski definition) is 3. The summed E-state index contributed by atoms with van der Waals surface area (Å²) in [7, 11) is -1.54. The molecule has 3 aromatic carbocycles. The molecule has 5 rings (SSSR count). The molecule has 216 valence electrons. The van der Waals surface area contributed by atoms with Gasteiger partial charge in [0.25, 0.3) is 5.91 Å². The van der Waals surface area contributed by atoms with E-state index in [0.29, 0.717) is 35.7 Å². The number of amides is 1. The smallest absolute Gasteiger partial charge is 0.488 e. The van der Waals surface area contributed by atoms with Crippen LogP contribution in [0.5, 0.6) is 5.75 Å². The molecule has 3 N–H and O–H groups in total. The van der Waals surface area contributed by atoms with Gasteiger partial charge in [0.15, 0.2) is 5.82 Å². The van der Waals surface area contributed by atoms with Crippen LogP contribution in [0.3, 0.4) is 0 Å². The van der Waals surface area contributed by atoms with Crippen molar-refractivity contribution in [3.63, 3.8) is 0 Å². The van der Waals surface area contributed by atoms with E-state index >= 15 is 0 Å². The molecule has 42 heavy (non-hydrogen) atoms. The first-order valence-electron chi connectivity index (χ1n) is 14.1. The van der Waals surface area contributed by atoms with E-state index in [0.717, 1.165) is 72.0 Å². The Balaban J connectivity index is 1.09. The number of fused-ring (bicyclic) bond motifs is 3. The fraction of sp³-hybridized carbons (Fsp3) is 0.290. The summed E-state index contributed by atoms with van der Waals surface area (Å²) < 4.78 is 8.19. The van der Waals surface area contributed by atoms with Crippen molar-refractivity contribution >= 4 is 35.8 Å². The molecule has 0 saturated heterocycles. The number of carbonyl (C=O) groups is 1. The van der Waals surface area contributed by atoms with Gasteiger partial charge in [-0.25, -0.2) is 0 Å². The molecule has 0 spiro atoms. The van der Waals surface area contributed by atoms with Crippen molar-refractivity contribution in [3.8, 4) is 11.4 Å². The second-order valence-corrected chi connectivity index (χ2v) is 10.7. The SMILES string of the molecule is Cc1nnc2n1-c1ccc(OCCCCCCCNC(=O)c3ccc(B(O)O)cc3)cc1C(c1ccc(Cl)cc1)=NC2. The van der Waals surface area contributed by atoms with Gasteiger partial charge in [-0.1, -0.05) is 55.1 Å². The van der Waals surface area contributed by atoms with Gasteiger partial charge >= 0.3 is 7.12 Å². The van der Waals surface area contributed by atoms with Crippen LogP contribution >= 0.6 is 11.6 Å². The zero-order valence-corrected chi connectivity index (χ0v) is 24.2. The first-order chi connectivity index (χ1) is 20.4. The van der Waals surface area contributed by atoms with Crippen molar-refractivity contribution in [2.45, 2.75) is 45.6 Å². The minimum Gasteiger partial charge on any atom is -0.494 e. The highest BCUT2D eigenvalue weighted by molar-refractivity contribution is 6.58. The second-order valence-electron chi connectivity index (χ2n) is 10.2. The van der Waals surface area contributed by atoms with E-state index in [1.807, 2.05) is 54.0 Å². The van der Waals surface area contributed by atoms with Crippen LogP contribution in [0.2, 0.25) is 5.02 Å². The van der Waals surface area contributed by atoms with Crippen LogP contribution in [0.4, 0.5) is 0 Å². The van der Waals surface area contributed by atoms with E-state index in [1.165, 1.54) is 12.1 Å². The first-order valence-corrected chi connectivity index (χ1v) is 14.5. The van der Waals surface area contributed by atoms with E-state index in [2.05, 4.69) is 15.5 Å². The van der Waals surface area contributed by atoms with Crippen molar-refractivity contribution in [1.29, 1.82) is 0 Å². The zero-order valence-electron chi connectivity index (χ0n) is 23.5. The molecular formula is C31H33BClN5O4. The molecule has 1 aromatic heterocycles. The van der Waals surface area contributed by atoms with E-state index in [1.54, 1.807) is 12.1 Å². The Bertz CT molecular complexity index is 1550. The van der Waals surface area contributed by atoms with Crippen LogP contribution in [0.1, 0.15) is 65.2 Å². The highest BCUT2D eigenvalue weighted by Crippen LogP contribution is 2.29. The van der Waals surface area contributed by atoms with Gasteiger partial charge in [0, 0.05) is 28.3 Å². The van der Waals surface area contributed by atoms with Crippen molar-refractivity contribution in [2.75, 3.05) is 13.2 Å². The lowest BCUT2D eigenvalue weighted by Gasteiger charge is -2.15. The maximum atomic E-state index is 12.2. The van der Waals surface area contributed by atoms with Crippen LogP contribution in [-0.4, -0.2) is 56.7 Å². The van der Waals surface area contributed by atoms with Gasteiger partial charge in [-0.05, 0) is 67.7 Å². The second kappa shape index (κ2) is 13.8. The van der Waals surface area contributed by atoms with Crippen molar-refractivity contribution < 1.29 is 19.6 Å². The minimum absolute atomic E-state index is 0.164. The standard InChI is InChI=1S/C31H33BClN5O4/c1-21-36-37-29-20-35-30(22-9-13-25(33)14-10-22)27-19-26(15-16-28(27)38(21)29)42-18-6-4-2-3-5-17-34-31(39)23-7-11-24(12-8-23)32(40)41/h7-16,19,40-41H,2-6,17-18,20H2,1H3,(H,34,39). The first kappa shape index (κ1) is 29.5. The average Bonchev–Trinajstić information content (AvgIpc) is 3.28. The lowest BCUT2D eigenvalue weighted by molar-refractivity contribution is 0.0953. The predicted octanol–water partition coefficient (Wildman–Crippen LogP) is 4.02. The van der Waals surface area contributed by atoms with Gasteiger partial charge in [-0.3, -0.25) is 14.4 Å². The molecule has 4 aromatic rings. The van der Waals surface area contributed by atoms with E-state index in [9.17, 15) is 4.79 Å². The number of ether oxygens (including phenoxy) is 1. The number of aliphatic imine (C=N–C) groups is 1. The third-order valence-corrected chi connectivity index (χ3v) is 7.45. The summed E-state index contributed by atoms with van der Waals surface area (Å²) in [6.07, 6.45) is 4.91. The highest BCUT2D eigenvalue weighted by Gasteiger charge is 2.22. The molecule has 2 heterocycles. The monoisotopic (exact) mass is 585 g/mol. The Morgan fingerprint density at radius 1 is 0.976 bits per heavy atom. The summed E-state index contributed by atoms with van der Waals surface area (Å²) in [4.78, 5) is 17.1. The zero-order chi connectivity index (χ0) is 29.5. The Labute approximate surface area is 250 Å². The Morgan fingerprint density at radius 2 is 1.71 bits per heavy atom. The molecule has 0 radical (unpaired) electrons. The summed E-state index contributed by atoms with van der Waals surface area (Å²) in [5.41, 5.74) is 4.63. The lowest BCUT2D eigenvalue weighted by atomic mass is 9.80. The summed E-state index contributed by atoms with van der Waals surface area (Å²) in [6, 6.07) is 20.0. The van der Waals surface area contributed by atoms with Gasteiger partial charge in [-0.15, -0.1) is 10.2 Å². The summed E-state index contributed by atoms with van der Waals surface area (Å²) in [5, 5.41) is 30.5. The van der Waals surface area contributed by atoms with Gasteiger partial charge in [0.05, 0.1) is 18.0 Å². The summed E-state index contributed by atoms with van der Waals surface area (Å²) in [5.74, 6) is 2.23. The molecule has 11 heteroatoms. The Morgan fingerprint density at radius 3 is 2.48 bits per heavy atom. The molecule has 1 amide bonds. The Kier molecular flexibility index (Phi) is 9.68. The minimum atomic E-state index is -1.54. The number of aryl methyl sites for hydroxylation is 1. The number of nitrogens with zero attached hydrogens (tertiary/aromatic N) is 4. The van der Waals surface area contributed by atoms with Crippen LogP contribution in [-0.2, 0) is 6.54 Å². The molecule has 0 aliphatic carbocycles. The fourth-order valence-electron chi connectivity index (χ4n) is 4.96. The molecule has 0 unspecified atom stereocenters. The van der Waals surface area contributed by atoms with Crippen LogP contribution in [0, 0.1) is 6.92 Å². The van der Waals surface area contributed by atoms with Gasteiger partial charge in [-0.2, -0.15) is 0 Å². The maximum Gasteiger partial charge on any atom is 0.488 e. The third kappa shape index (κ3) is 7.07. The number of benzene rings is 3. The molecule has 0 fully saturated rings. The third-order valence-electron chi connectivity index (χ3n) is 7.20. The summed E-state index contributed by atoms with van der Waals surface area (Å²) in [6.45, 7) is 3.57. The average molecular weight is 586 g/mol. The van der Waals surface area contributed by atoms with Gasteiger partial charge in [0.2, 0.25) is 0 Å². The molecule has 9 nitrogen and oxygen atoms in total. The number of carbonyl (C=O) groups excluding carboxylic acids is 1. The molecule has 1 aliphatic heterocycles. The Hall–Kier alpha value is -3.99. The lowest BCUT2D eigenvalue weighted by Crippen LogP contribution is -2.30. The molecule has 1 aliphatic rings. The highest BCUT2D eigenvalue weighted by atomic mass is 35.5. The number of aromatic nitrogens is 3.